The van der Waals surface area contributed by atoms with Gasteiger partial charge in [-0.15, -0.1) is 0 Å². The second-order valence-corrected chi connectivity index (χ2v) is 7.51. The van der Waals surface area contributed by atoms with Crippen molar-refractivity contribution in [3.8, 4) is 0 Å². The third-order valence-electron chi connectivity index (χ3n) is 3.86. The lowest BCUT2D eigenvalue weighted by atomic mass is 10.1. The van der Waals surface area contributed by atoms with Crippen LogP contribution in [0.15, 0.2) is 29.2 Å². The van der Waals surface area contributed by atoms with Gasteiger partial charge in [-0.25, -0.2) is 13.2 Å². The van der Waals surface area contributed by atoms with Crippen molar-refractivity contribution < 1.29 is 17.9 Å². The molecule has 0 spiro atoms. The van der Waals surface area contributed by atoms with Gasteiger partial charge < -0.3 is 4.74 Å². The van der Waals surface area contributed by atoms with Crippen molar-refractivity contribution in [1.29, 1.82) is 0 Å². The van der Waals surface area contributed by atoms with E-state index in [1.165, 1.54) is 16.4 Å². The second kappa shape index (κ2) is 7.24. The number of hydrogen-bond donors (Lipinski definition) is 0. The Morgan fingerprint density at radius 1 is 1.36 bits per heavy atom. The van der Waals surface area contributed by atoms with Gasteiger partial charge in [-0.05, 0) is 44.4 Å². The Balaban J connectivity index is 2.26. The highest BCUT2D eigenvalue weighted by atomic mass is 32.2. The molecule has 0 aliphatic carbocycles. The largest absolute Gasteiger partial charge is 0.462 e. The maximum Gasteiger partial charge on any atom is 0.338 e. The molecule has 1 atom stereocenters. The molecular weight excluding hydrogens is 302 g/mol. The molecule has 5 nitrogen and oxygen atoms in total. The SMILES string of the molecule is CCCOC(=O)c1cccc(S(=O)(=O)N2CCCCC2C)c1. The van der Waals surface area contributed by atoms with Gasteiger partial charge in [0.1, 0.15) is 0 Å². The van der Waals surface area contributed by atoms with E-state index in [0.29, 0.717) is 13.2 Å². The second-order valence-electron chi connectivity index (χ2n) is 5.62. The van der Waals surface area contributed by atoms with E-state index in [9.17, 15) is 13.2 Å². The minimum Gasteiger partial charge on any atom is -0.462 e. The number of esters is 1. The van der Waals surface area contributed by atoms with Gasteiger partial charge in [0.25, 0.3) is 0 Å². The van der Waals surface area contributed by atoms with E-state index in [-0.39, 0.29) is 16.5 Å². The van der Waals surface area contributed by atoms with Gasteiger partial charge in [-0.3, -0.25) is 0 Å². The summed E-state index contributed by atoms with van der Waals surface area (Å²) in [6, 6.07) is 6.11. The number of rotatable bonds is 5. The van der Waals surface area contributed by atoms with Gasteiger partial charge in [0.05, 0.1) is 17.1 Å². The molecule has 0 bridgehead atoms. The van der Waals surface area contributed by atoms with Crippen molar-refractivity contribution in [2.24, 2.45) is 0 Å². The summed E-state index contributed by atoms with van der Waals surface area (Å²) in [7, 11) is -3.56. The molecule has 6 heteroatoms. The Labute approximate surface area is 132 Å². The fraction of sp³-hybridized carbons (Fsp3) is 0.562. The Bertz CT molecular complexity index is 627. The van der Waals surface area contributed by atoms with Crippen LogP contribution < -0.4 is 0 Å². The predicted octanol–water partition coefficient (Wildman–Crippen LogP) is 2.82. The fourth-order valence-corrected chi connectivity index (χ4v) is 4.37. The van der Waals surface area contributed by atoms with Crippen LogP contribution in [0, 0.1) is 0 Å². The van der Waals surface area contributed by atoms with E-state index < -0.39 is 16.0 Å². The predicted molar refractivity (Wildman–Crippen MR) is 84.2 cm³/mol. The lowest BCUT2D eigenvalue weighted by Crippen LogP contribution is -2.41. The van der Waals surface area contributed by atoms with Crippen molar-refractivity contribution in [2.75, 3.05) is 13.2 Å². The van der Waals surface area contributed by atoms with Crippen molar-refractivity contribution >= 4 is 16.0 Å². The summed E-state index contributed by atoms with van der Waals surface area (Å²) in [6.45, 7) is 4.70. The Hall–Kier alpha value is -1.40. The zero-order valence-electron chi connectivity index (χ0n) is 13.1. The molecule has 1 aliphatic rings. The highest BCUT2D eigenvalue weighted by Gasteiger charge is 2.31. The smallest absolute Gasteiger partial charge is 0.338 e. The molecule has 1 aliphatic heterocycles. The highest BCUT2D eigenvalue weighted by Crippen LogP contribution is 2.25. The first-order chi connectivity index (χ1) is 10.5. The maximum atomic E-state index is 12.8. The van der Waals surface area contributed by atoms with E-state index in [2.05, 4.69) is 0 Å². The summed E-state index contributed by atoms with van der Waals surface area (Å²) in [4.78, 5) is 12.1. The molecule has 0 aromatic heterocycles. The van der Waals surface area contributed by atoms with Crippen LogP contribution in [-0.2, 0) is 14.8 Å². The molecule has 2 rings (SSSR count). The standard InChI is InChI=1S/C16H23NO4S/c1-3-11-21-16(18)14-8-6-9-15(12-14)22(19,20)17-10-5-4-7-13(17)2/h6,8-9,12-13H,3-5,7,10-11H2,1-2H3. The van der Waals surface area contributed by atoms with Crippen LogP contribution in [0.5, 0.6) is 0 Å². The van der Waals surface area contributed by atoms with Gasteiger partial charge in [-0.2, -0.15) is 4.31 Å². The number of carbonyl (C=O) groups is 1. The quantitative estimate of drug-likeness (QED) is 0.781. The first-order valence-corrected chi connectivity index (χ1v) is 9.20. The summed E-state index contributed by atoms with van der Waals surface area (Å²) < 4.78 is 32.1. The summed E-state index contributed by atoms with van der Waals surface area (Å²) in [5.74, 6) is -0.481. The van der Waals surface area contributed by atoms with Crippen LogP contribution in [0.1, 0.15) is 49.9 Å². The number of piperidine rings is 1. The molecular formula is C16H23NO4S. The zero-order chi connectivity index (χ0) is 16.2. The van der Waals surface area contributed by atoms with Crippen molar-refractivity contribution in [2.45, 2.75) is 50.5 Å². The van der Waals surface area contributed by atoms with Crippen LogP contribution in [-0.4, -0.2) is 37.9 Å². The molecule has 122 valence electrons. The highest BCUT2D eigenvalue weighted by molar-refractivity contribution is 7.89. The molecule has 1 heterocycles. The average Bonchev–Trinajstić information content (AvgIpc) is 2.53. The molecule has 22 heavy (non-hydrogen) atoms. The summed E-state index contributed by atoms with van der Waals surface area (Å²) in [5, 5.41) is 0. The van der Waals surface area contributed by atoms with Gasteiger partial charge >= 0.3 is 5.97 Å². The minimum atomic E-state index is -3.56. The molecule has 0 saturated carbocycles. The molecule has 1 aromatic carbocycles. The first kappa shape index (κ1) is 17.0. The van der Waals surface area contributed by atoms with Gasteiger partial charge in [0, 0.05) is 12.6 Å². The van der Waals surface area contributed by atoms with Gasteiger partial charge in [0.15, 0.2) is 0 Å². The van der Waals surface area contributed by atoms with E-state index in [1.807, 2.05) is 13.8 Å². The normalized spacial score (nSPS) is 19.8. The zero-order valence-corrected chi connectivity index (χ0v) is 13.9. The molecule has 1 saturated heterocycles. The third-order valence-corrected chi connectivity index (χ3v) is 5.87. The van der Waals surface area contributed by atoms with Crippen molar-refractivity contribution in [3.05, 3.63) is 29.8 Å². The minimum absolute atomic E-state index is 0.00514. The van der Waals surface area contributed by atoms with Crippen LogP contribution in [0.4, 0.5) is 0 Å². The van der Waals surface area contributed by atoms with Gasteiger partial charge in [0.2, 0.25) is 10.0 Å². The van der Waals surface area contributed by atoms with Crippen molar-refractivity contribution in [3.63, 3.8) is 0 Å². The van der Waals surface area contributed by atoms with E-state index >= 15 is 0 Å². The molecule has 1 fully saturated rings. The fourth-order valence-electron chi connectivity index (χ4n) is 2.63. The topological polar surface area (TPSA) is 63.7 Å². The molecule has 0 radical (unpaired) electrons. The molecule has 0 amide bonds. The molecule has 0 N–H and O–H groups in total. The maximum absolute atomic E-state index is 12.8. The van der Waals surface area contributed by atoms with Crippen LogP contribution in [0.25, 0.3) is 0 Å². The number of ether oxygens (including phenoxy) is 1. The van der Waals surface area contributed by atoms with E-state index in [1.54, 1.807) is 12.1 Å². The molecule has 1 unspecified atom stereocenters. The Kier molecular flexibility index (Phi) is 5.58. The van der Waals surface area contributed by atoms with E-state index in [0.717, 1.165) is 25.7 Å². The lowest BCUT2D eigenvalue weighted by Gasteiger charge is -2.32. The summed E-state index contributed by atoms with van der Waals surface area (Å²) in [6.07, 6.45) is 3.53. The van der Waals surface area contributed by atoms with Crippen LogP contribution in [0.3, 0.4) is 0 Å². The summed E-state index contributed by atoms with van der Waals surface area (Å²) in [5.41, 5.74) is 0.277. The molecule has 1 aromatic rings. The Morgan fingerprint density at radius 2 is 2.14 bits per heavy atom. The number of hydrogen-bond acceptors (Lipinski definition) is 4. The van der Waals surface area contributed by atoms with Crippen molar-refractivity contribution in [1.82, 2.24) is 4.31 Å². The lowest BCUT2D eigenvalue weighted by molar-refractivity contribution is 0.0505. The number of benzene rings is 1. The monoisotopic (exact) mass is 325 g/mol. The van der Waals surface area contributed by atoms with E-state index in [4.69, 9.17) is 4.74 Å². The first-order valence-electron chi connectivity index (χ1n) is 7.76. The number of carbonyl (C=O) groups excluding carboxylic acids is 1. The van der Waals surface area contributed by atoms with Gasteiger partial charge in [-0.1, -0.05) is 19.4 Å². The Morgan fingerprint density at radius 3 is 2.82 bits per heavy atom. The number of nitrogens with zero attached hydrogens (tertiary/aromatic N) is 1. The number of sulfonamides is 1. The van der Waals surface area contributed by atoms with Crippen LogP contribution >= 0.6 is 0 Å². The average molecular weight is 325 g/mol. The third kappa shape index (κ3) is 3.67. The summed E-state index contributed by atoms with van der Waals surface area (Å²) >= 11 is 0. The van der Waals surface area contributed by atoms with Crippen LogP contribution in [0.2, 0.25) is 0 Å².